The number of nitrogens with one attached hydrogen (secondary N) is 3. The lowest BCUT2D eigenvalue weighted by atomic mass is 10.0. The number of methoxy groups -OCH3 is 1. The molecule has 0 spiro atoms. The van der Waals surface area contributed by atoms with Gasteiger partial charge in [-0.25, -0.2) is 4.79 Å². The third kappa shape index (κ3) is 11.1. The highest BCUT2D eigenvalue weighted by Gasteiger charge is 2.31. The van der Waals surface area contributed by atoms with Gasteiger partial charge in [0, 0.05) is 19.0 Å². The molecule has 0 fully saturated rings. The van der Waals surface area contributed by atoms with Gasteiger partial charge in [0.25, 0.3) is 0 Å². The number of esters is 1. The van der Waals surface area contributed by atoms with Gasteiger partial charge in [0.2, 0.25) is 17.7 Å². The van der Waals surface area contributed by atoms with Crippen molar-refractivity contribution < 1.29 is 23.9 Å². The Morgan fingerprint density at radius 1 is 0.846 bits per heavy atom. The quantitative estimate of drug-likeness (QED) is 0.188. The van der Waals surface area contributed by atoms with Crippen molar-refractivity contribution in [2.24, 2.45) is 5.73 Å². The Labute approximate surface area is 232 Å². The molecule has 0 radical (unpaired) electrons. The number of ether oxygens (including phenoxy) is 1. The zero-order valence-electron chi connectivity index (χ0n) is 22.3. The maximum atomic E-state index is 13.4. The summed E-state index contributed by atoms with van der Waals surface area (Å²) in [5.74, 6) is -2.17. The van der Waals surface area contributed by atoms with Crippen LogP contribution in [-0.2, 0) is 36.8 Å². The largest absolute Gasteiger partial charge is 0.467 e. The number of carbonyl (C=O) groups is 4. The van der Waals surface area contributed by atoms with E-state index in [9.17, 15) is 19.2 Å². The van der Waals surface area contributed by atoms with Crippen molar-refractivity contribution in [1.82, 2.24) is 16.0 Å². The van der Waals surface area contributed by atoms with Gasteiger partial charge in [-0.1, -0.05) is 67.0 Å². The van der Waals surface area contributed by atoms with Crippen LogP contribution in [0.5, 0.6) is 0 Å². The standard InChI is InChI=1S/C28H36N4O5P2/c1-37-28(36)23(16-20-13-9-6-10-14-20)31-27(35)24(17-38-2)32-26(34)22(15-19-11-7-5-8-12-19)30-25(33)21(29)18-39(3)4/h5-14,21-24H,2-3,15-18,29H2,1,4H3,(H2-,30,31,32,33,34,35)/p+1/t21?,22-,23-,24-/m0/s1. The summed E-state index contributed by atoms with van der Waals surface area (Å²) < 4.78 is 4.89. The highest BCUT2D eigenvalue weighted by molar-refractivity contribution is 7.55. The predicted octanol–water partition coefficient (Wildman–Crippen LogP) is 1.35. The molecule has 0 aliphatic carbocycles. The SMILES string of the molecule is C=PC[C@H](NC(=O)[C@H](Cc1ccccc1)NC(=O)C(N)C[P+](=C)C)C(=O)N[C@@H](Cc1ccccc1)C(=O)OC. The summed E-state index contributed by atoms with van der Waals surface area (Å²) in [7, 11) is 1.20. The van der Waals surface area contributed by atoms with Crippen LogP contribution in [0.3, 0.4) is 0 Å². The molecule has 5 atom stereocenters. The first-order chi connectivity index (χ1) is 18.6. The summed E-state index contributed by atoms with van der Waals surface area (Å²) in [6.45, 7) is 1.91. The Kier molecular flexibility index (Phi) is 13.5. The molecule has 3 amide bonds. The summed E-state index contributed by atoms with van der Waals surface area (Å²) in [6, 6.07) is 14.7. The van der Waals surface area contributed by atoms with Crippen LogP contribution in [0.1, 0.15) is 11.1 Å². The van der Waals surface area contributed by atoms with Crippen LogP contribution in [-0.4, -0.2) is 86.6 Å². The minimum Gasteiger partial charge on any atom is -0.467 e. The fourth-order valence-electron chi connectivity index (χ4n) is 3.81. The first-order valence-corrected chi connectivity index (χ1v) is 15.8. The van der Waals surface area contributed by atoms with Gasteiger partial charge in [-0.3, -0.25) is 14.4 Å². The molecule has 0 saturated carbocycles. The van der Waals surface area contributed by atoms with Gasteiger partial charge < -0.3 is 26.4 Å². The number of rotatable bonds is 15. The van der Waals surface area contributed by atoms with Crippen molar-refractivity contribution in [3.63, 3.8) is 0 Å². The minimum absolute atomic E-state index is 0.198. The second kappa shape index (κ2) is 16.6. The molecule has 0 aliphatic heterocycles. The molecule has 2 unspecified atom stereocenters. The summed E-state index contributed by atoms with van der Waals surface area (Å²) in [4.78, 5) is 51.9. The van der Waals surface area contributed by atoms with Gasteiger partial charge in [0.1, 0.15) is 30.3 Å². The molecule has 11 heteroatoms. The molecule has 5 N–H and O–H groups in total. The van der Waals surface area contributed by atoms with Gasteiger partial charge in [-0.05, 0) is 11.1 Å². The molecule has 0 bridgehead atoms. The molecule has 9 nitrogen and oxygen atoms in total. The second-order valence-corrected chi connectivity index (χ2v) is 12.0. The third-order valence-corrected chi connectivity index (χ3v) is 7.43. The van der Waals surface area contributed by atoms with E-state index in [0.29, 0.717) is 14.4 Å². The van der Waals surface area contributed by atoms with Gasteiger partial charge in [-0.2, -0.15) is 0 Å². The van der Waals surface area contributed by atoms with Gasteiger partial charge in [-0.15, -0.1) is 8.20 Å². The van der Waals surface area contributed by atoms with Crippen LogP contribution >= 0.6 is 15.7 Å². The lowest BCUT2D eigenvalue weighted by Gasteiger charge is -2.25. The number of hydrogen-bond donors (Lipinski definition) is 4. The fourth-order valence-corrected chi connectivity index (χ4v) is 5.16. The number of nitrogens with two attached hydrogens (primary N) is 1. The van der Waals surface area contributed by atoms with E-state index in [1.807, 2.05) is 67.3 Å². The van der Waals surface area contributed by atoms with Crippen LogP contribution < -0.4 is 21.7 Å². The molecule has 2 aromatic carbocycles. The fraction of sp³-hybridized carbons (Fsp3) is 0.357. The van der Waals surface area contributed by atoms with Crippen molar-refractivity contribution >= 4 is 52.0 Å². The lowest BCUT2D eigenvalue weighted by Crippen LogP contribution is -2.58. The highest BCUT2D eigenvalue weighted by atomic mass is 31.1. The topological polar surface area (TPSA) is 140 Å². The van der Waals surface area contributed by atoms with Gasteiger partial charge in [0.15, 0.2) is 0 Å². The van der Waals surface area contributed by atoms with E-state index < -0.39 is 55.4 Å². The number of amides is 3. The normalized spacial score (nSPS) is 14.3. The van der Waals surface area contributed by atoms with Crippen LogP contribution in [0.25, 0.3) is 0 Å². The average Bonchev–Trinajstić information content (AvgIpc) is 2.92. The number of hydrogen-bond acceptors (Lipinski definition) is 6. The van der Waals surface area contributed by atoms with E-state index in [2.05, 4.69) is 28.5 Å². The third-order valence-electron chi connectivity index (χ3n) is 5.79. The monoisotopic (exact) mass is 571 g/mol. The number of benzene rings is 2. The lowest BCUT2D eigenvalue weighted by molar-refractivity contribution is -0.145. The zero-order valence-corrected chi connectivity index (χ0v) is 24.1. The first-order valence-electron chi connectivity index (χ1n) is 12.4. The second-order valence-electron chi connectivity index (χ2n) is 9.14. The Hall–Kier alpha value is -3.38. The molecule has 208 valence electrons. The summed E-state index contributed by atoms with van der Waals surface area (Å²) >= 11 is 0. The molecule has 39 heavy (non-hydrogen) atoms. The summed E-state index contributed by atoms with van der Waals surface area (Å²) in [6.07, 6.45) is 8.75. The molecule has 2 aromatic rings. The van der Waals surface area contributed by atoms with Crippen molar-refractivity contribution in [3.8, 4) is 0 Å². The van der Waals surface area contributed by atoms with Crippen LogP contribution in [0, 0.1) is 0 Å². The molecule has 0 aliphatic rings. The summed E-state index contributed by atoms with van der Waals surface area (Å²) in [5, 5.41) is 8.18. The van der Waals surface area contributed by atoms with E-state index in [1.165, 1.54) is 7.11 Å². The molecule has 0 saturated heterocycles. The Morgan fingerprint density at radius 2 is 1.31 bits per heavy atom. The van der Waals surface area contributed by atoms with Crippen molar-refractivity contribution in [3.05, 3.63) is 71.8 Å². The van der Waals surface area contributed by atoms with Crippen molar-refractivity contribution in [2.45, 2.75) is 37.0 Å². The maximum absolute atomic E-state index is 13.4. The van der Waals surface area contributed by atoms with E-state index >= 15 is 0 Å². The van der Waals surface area contributed by atoms with Crippen LogP contribution in [0.15, 0.2) is 60.7 Å². The Morgan fingerprint density at radius 3 is 1.79 bits per heavy atom. The van der Waals surface area contributed by atoms with Gasteiger partial charge >= 0.3 is 5.97 Å². The molecule has 0 heterocycles. The Bertz CT molecular complexity index is 1150. The van der Waals surface area contributed by atoms with Crippen molar-refractivity contribution in [2.75, 3.05) is 26.1 Å². The number of carbonyl (C=O) groups excluding carboxylic acids is 4. The first kappa shape index (κ1) is 31.8. The molecule has 2 rings (SSSR count). The molecular formula is C28H37N4O5P2+. The van der Waals surface area contributed by atoms with E-state index in [1.54, 1.807) is 0 Å². The van der Waals surface area contributed by atoms with Crippen LogP contribution in [0.4, 0.5) is 0 Å². The molecule has 0 aromatic heterocycles. The average molecular weight is 572 g/mol. The predicted molar refractivity (Wildman–Crippen MR) is 160 cm³/mol. The van der Waals surface area contributed by atoms with E-state index in [4.69, 9.17) is 10.5 Å². The van der Waals surface area contributed by atoms with E-state index in [-0.39, 0.29) is 19.0 Å². The van der Waals surface area contributed by atoms with Crippen molar-refractivity contribution in [1.29, 1.82) is 0 Å². The summed E-state index contributed by atoms with van der Waals surface area (Å²) in [5.41, 5.74) is 7.69. The van der Waals surface area contributed by atoms with Gasteiger partial charge in [0.05, 0.1) is 27.6 Å². The Balaban J connectivity index is 2.20. The maximum Gasteiger partial charge on any atom is 0.328 e. The smallest absolute Gasteiger partial charge is 0.328 e. The highest BCUT2D eigenvalue weighted by Crippen LogP contribution is 2.13. The van der Waals surface area contributed by atoms with Crippen LogP contribution in [0.2, 0.25) is 0 Å². The van der Waals surface area contributed by atoms with E-state index in [0.717, 1.165) is 11.1 Å². The molecular weight excluding hydrogens is 534 g/mol. The minimum atomic E-state index is -0.994. The zero-order chi connectivity index (χ0) is 28.8.